The van der Waals surface area contributed by atoms with Crippen LogP contribution in [0.1, 0.15) is 60.6 Å². The van der Waals surface area contributed by atoms with Crippen LogP contribution < -0.4 is 10.2 Å². The van der Waals surface area contributed by atoms with E-state index in [4.69, 9.17) is 0 Å². The van der Waals surface area contributed by atoms with E-state index in [0.29, 0.717) is 30.8 Å². The summed E-state index contributed by atoms with van der Waals surface area (Å²) in [6, 6.07) is 14.4. The first kappa shape index (κ1) is 22.6. The maximum absolute atomic E-state index is 13.8. The van der Waals surface area contributed by atoms with E-state index in [1.807, 2.05) is 25.1 Å². The SMILES string of the molecule is CC12C(=O)N(c3ccc(C(=O)NCCC4=CCCCC4)cc3)C(=O)N1CCc1c2[nH]c2ccccc12. The van der Waals surface area contributed by atoms with Crippen molar-refractivity contribution in [1.82, 2.24) is 15.2 Å². The number of amides is 4. The fourth-order valence-corrected chi connectivity index (χ4v) is 5.95. The van der Waals surface area contributed by atoms with Crippen LogP contribution in [-0.2, 0) is 16.8 Å². The fourth-order valence-electron chi connectivity index (χ4n) is 5.95. The molecule has 7 heteroatoms. The van der Waals surface area contributed by atoms with Crippen molar-refractivity contribution in [3.05, 3.63) is 77.0 Å². The Balaban J connectivity index is 1.21. The number of allylic oxidation sites excluding steroid dienone is 1. The van der Waals surface area contributed by atoms with E-state index >= 15 is 0 Å². The van der Waals surface area contributed by atoms with Gasteiger partial charge in [0.25, 0.3) is 11.8 Å². The summed E-state index contributed by atoms with van der Waals surface area (Å²) in [7, 11) is 0. The molecule has 0 bridgehead atoms. The number of anilines is 1. The number of urea groups is 1. The van der Waals surface area contributed by atoms with Crippen LogP contribution in [-0.4, -0.2) is 40.8 Å². The smallest absolute Gasteiger partial charge is 0.332 e. The summed E-state index contributed by atoms with van der Waals surface area (Å²) in [6.07, 6.45) is 8.61. The van der Waals surface area contributed by atoms with Crippen LogP contribution in [0.15, 0.2) is 60.2 Å². The number of aromatic nitrogens is 1. The number of imide groups is 1. The Labute approximate surface area is 210 Å². The average Bonchev–Trinajstić information content (AvgIpc) is 3.38. The summed E-state index contributed by atoms with van der Waals surface area (Å²) >= 11 is 0. The van der Waals surface area contributed by atoms with Gasteiger partial charge in [-0.25, -0.2) is 9.69 Å². The zero-order valence-electron chi connectivity index (χ0n) is 20.5. The fraction of sp³-hybridized carbons (Fsp3) is 0.345. The number of nitrogens with one attached hydrogen (secondary N) is 2. The van der Waals surface area contributed by atoms with Gasteiger partial charge in [0.15, 0.2) is 5.54 Å². The summed E-state index contributed by atoms with van der Waals surface area (Å²) in [5.41, 5.74) is 4.18. The second-order valence-electron chi connectivity index (χ2n) is 10.1. The molecule has 7 nitrogen and oxygen atoms in total. The Morgan fingerprint density at radius 3 is 2.64 bits per heavy atom. The lowest BCUT2D eigenvalue weighted by atomic mass is 9.87. The summed E-state index contributed by atoms with van der Waals surface area (Å²) in [5, 5.41) is 4.08. The highest BCUT2D eigenvalue weighted by molar-refractivity contribution is 6.23. The standard InChI is InChI=1S/C29H30N4O3/c1-29-25-23(22-9-5-6-10-24(22)31-25)16-18-32(29)28(36)33(27(29)35)21-13-11-20(12-14-21)26(34)30-17-15-19-7-3-2-4-8-19/h5-7,9-14,31H,2-4,8,15-18H2,1H3,(H,30,34). The third-order valence-corrected chi connectivity index (χ3v) is 7.97. The van der Waals surface area contributed by atoms with Gasteiger partial charge in [-0.15, -0.1) is 0 Å². The maximum Gasteiger partial charge on any atom is 0.332 e. The first-order valence-electron chi connectivity index (χ1n) is 12.8. The van der Waals surface area contributed by atoms with E-state index in [2.05, 4.69) is 22.4 Å². The van der Waals surface area contributed by atoms with E-state index in [1.165, 1.54) is 23.3 Å². The van der Waals surface area contributed by atoms with Crippen molar-refractivity contribution >= 4 is 34.4 Å². The summed E-state index contributed by atoms with van der Waals surface area (Å²) < 4.78 is 0. The highest BCUT2D eigenvalue weighted by atomic mass is 16.2. The highest BCUT2D eigenvalue weighted by Gasteiger charge is 2.59. The summed E-state index contributed by atoms with van der Waals surface area (Å²) in [6.45, 7) is 2.91. The van der Waals surface area contributed by atoms with Crippen LogP contribution >= 0.6 is 0 Å². The highest BCUT2D eigenvalue weighted by Crippen LogP contribution is 2.45. The van der Waals surface area contributed by atoms with Gasteiger partial charge in [0, 0.05) is 29.6 Å². The Kier molecular flexibility index (Phi) is 5.43. The third kappa shape index (κ3) is 3.45. The molecule has 1 saturated heterocycles. The topological polar surface area (TPSA) is 85.5 Å². The predicted molar refractivity (Wildman–Crippen MR) is 139 cm³/mol. The minimum absolute atomic E-state index is 0.149. The van der Waals surface area contributed by atoms with Gasteiger partial charge in [0.2, 0.25) is 0 Å². The molecule has 0 saturated carbocycles. The second-order valence-corrected chi connectivity index (χ2v) is 10.1. The molecule has 2 aromatic carbocycles. The van der Waals surface area contributed by atoms with Gasteiger partial charge in [0.05, 0.1) is 11.4 Å². The van der Waals surface area contributed by atoms with Gasteiger partial charge < -0.3 is 15.2 Å². The van der Waals surface area contributed by atoms with E-state index in [9.17, 15) is 14.4 Å². The normalized spacial score (nSPS) is 21.4. The first-order valence-corrected chi connectivity index (χ1v) is 12.8. The number of fused-ring (bicyclic) bond motifs is 5. The molecule has 4 amide bonds. The van der Waals surface area contributed by atoms with Gasteiger partial charge in [-0.05, 0) is 81.3 Å². The number of benzene rings is 2. The van der Waals surface area contributed by atoms with Crippen LogP contribution in [0.25, 0.3) is 10.9 Å². The van der Waals surface area contributed by atoms with Crippen LogP contribution in [0.3, 0.4) is 0 Å². The van der Waals surface area contributed by atoms with Gasteiger partial charge in [0.1, 0.15) is 0 Å². The van der Waals surface area contributed by atoms with E-state index in [1.54, 1.807) is 29.2 Å². The van der Waals surface area contributed by atoms with Crippen LogP contribution in [0, 0.1) is 0 Å². The number of rotatable bonds is 5. The molecule has 184 valence electrons. The van der Waals surface area contributed by atoms with Crippen LogP contribution in [0.4, 0.5) is 10.5 Å². The maximum atomic E-state index is 13.8. The van der Waals surface area contributed by atoms with Gasteiger partial charge >= 0.3 is 6.03 Å². The Hall–Kier alpha value is -3.87. The molecule has 1 fully saturated rings. The Morgan fingerprint density at radius 1 is 1.06 bits per heavy atom. The van der Waals surface area contributed by atoms with Gasteiger partial charge in [-0.3, -0.25) is 9.59 Å². The van der Waals surface area contributed by atoms with E-state index in [-0.39, 0.29) is 17.8 Å². The first-order chi connectivity index (χ1) is 17.5. The van der Waals surface area contributed by atoms with E-state index < -0.39 is 5.54 Å². The summed E-state index contributed by atoms with van der Waals surface area (Å²) in [5.74, 6) is -0.429. The van der Waals surface area contributed by atoms with Crippen molar-refractivity contribution in [2.45, 2.75) is 51.0 Å². The van der Waals surface area contributed by atoms with Crippen molar-refractivity contribution in [3.8, 4) is 0 Å². The molecule has 0 spiro atoms. The molecule has 3 aromatic rings. The molecule has 2 N–H and O–H groups in total. The molecule has 36 heavy (non-hydrogen) atoms. The van der Waals surface area contributed by atoms with Crippen LogP contribution in [0.2, 0.25) is 0 Å². The molecule has 1 atom stereocenters. The number of hydrogen-bond acceptors (Lipinski definition) is 3. The lowest BCUT2D eigenvalue weighted by Gasteiger charge is -2.35. The quantitative estimate of drug-likeness (QED) is 0.395. The van der Waals surface area contributed by atoms with Gasteiger partial charge in [-0.1, -0.05) is 29.8 Å². The van der Waals surface area contributed by atoms with Crippen molar-refractivity contribution in [2.24, 2.45) is 0 Å². The molecule has 1 aliphatic carbocycles. The number of aromatic amines is 1. The Bertz CT molecular complexity index is 1400. The molecule has 0 radical (unpaired) electrons. The molecule has 6 rings (SSSR count). The van der Waals surface area contributed by atoms with Crippen molar-refractivity contribution < 1.29 is 14.4 Å². The molecular formula is C29H30N4O3. The minimum Gasteiger partial charge on any atom is -0.356 e. The van der Waals surface area contributed by atoms with Crippen molar-refractivity contribution in [1.29, 1.82) is 0 Å². The number of carbonyl (C=O) groups is 3. The second kappa shape index (κ2) is 8.66. The number of hydrogen-bond donors (Lipinski definition) is 2. The minimum atomic E-state index is -1.09. The monoisotopic (exact) mass is 482 g/mol. The van der Waals surface area contributed by atoms with Crippen molar-refractivity contribution in [2.75, 3.05) is 18.0 Å². The number of nitrogens with zero attached hydrogens (tertiary/aromatic N) is 2. The molecule has 1 aromatic heterocycles. The number of para-hydroxylation sites is 1. The van der Waals surface area contributed by atoms with Gasteiger partial charge in [-0.2, -0.15) is 0 Å². The molecular weight excluding hydrogens is 452 g/mol. The Morgan fingerprint density at radius 2 is 1.86 bits per heavy atom. The zero-order chi connectivity index (χ0) is 24.9. The number of H-pyrrole nitrogens is 1. The zero-order valence-corrected chi connectivity index (χ0v) is 20.5. The van der Waals surface area contributed by atoms with E-state index in [0.717, 1.165) is 41.4 Å². The molecule has 3 heterocycles. The van der Waals surface area contributed by atoms with Crippen LogP contribution in [0.5, 0.6) is 0 Å². The van der Waals surface area contributed by atoms with Crippen molar-refractivity contribution in [3.63, 3.8) is 0 Å². The lowest BCUT2D eigenvalue weighted by molar-refractivity contribution is -0.125. The molecule has 2 aliphatic heterocycles. The lowest BCUT2D eigenvalue weighted by Crippen LogP contribution is -2.49. The summed E-state index contributed by atoms with van der Waals surface area (Å²) in [4.78, 5) is 46.2. The predicted octanol–water partition coefficient (Wildman–Crippen LogP) is 5.03. The third-order valence-electron chi connectivity index (χ3n) is 7.97. The number of carbonyl (C=O) groups excluding carboxylic acids is 3. The largest absolute Gasteiger partial charge is 0.356 e. The molecule has 1 unspecified atom stereocenters. The molecule has 3 aliphatic rings. The average molecular weight is 483 g/mol.